The number of methoxy groups -OCH3 is 1. The zero-order chi connectivity index (χ0) is 24.4. The maximum Gasteiger partial charge on any atom is 0.235 e. The van der Waals surface area contributed by atoms with Crippen LogP contribution in [0.2, 0.25) is 0 Å². The number of ether oxygens (including phenoxy) is 1. The van der Waals surface area contributed by atoms with Crippen molar-refractivity contribution < 1.29 is 14.6 Å². The number of aromatic nitrogens is 2. The Kier molecular flexibility index (Phi) is 4.66. The Balaban J connectivity index is 1.16. The van der Waals surface area contributed by atoms with Crippen LogP contribution >= 0.6 is 0 Å². The monoisotopic (exact) mass is 480 g/mol. The summed E-state index contributed by atoms with van der Waals surface area (Å²) in [5, 5.41) is 21.8. The number of carbonyl (C=O) groups excluding carboxylic acids is 1. The summed E-state index contributed by atoms with van der Waals surface area (Å²) in [5.41, 5.74) is 6.70. The normalized spacial score (nSPS) is 23.2. The van der Waals surface area contributed by atoms with Crippen molar-refractivity contribution in [2.75, 3.05) is 30.4 Å². The first-order chi connectivity index (χ1) is 17.6. The molecule has 2 unspecified atom stereocenters. The maximum absolute atomic E-state index is 13.0. The zero-order valence-electron chi connectivity index (χ0n) is 20.1. The number of carbonyl (C=O) groups is 1. The number of aliphatic hydroxyl groups excluding tert-OH is 1. The van der Waals surface area contributed by atoms with Gasteiger partial charge in [-0.05, 0) is 66.8 Å². The second-order valence-corrected chi connectivity index (χ2v) is 10.2. The SMILES string of the molecule is COc1ccc2c(c1)C1(CC1c1ccc3c(-c4ccc(N5CCC(O)CC5)cc4)n[nH]c3c1)C(=O)N2. The first-order valence-corrected chi connectivity index (χ1v) is 12.6. The molecule has 3 heterocycles. The summed E-state index contributed by atoms with van der Waals surface area (Å²) in [6.07, 6.45) is 2.25. The number of aromatic amines is 1. The van der Waals surface area contributed by atoms with Crippen molar-refractivity contribution in [3.05, 3.63) is 71.8 Å². The minimum absolute atomic E-state index is 0.0736. The minimum atomic E-state index is -0.513. The molecule has 36 heavy (non-hydrogen) atoms. The van der Waals surface area contributed by atoms with E-state index in [0.29, 0.717) is 0 Å². The summed E-state index contributed by atoms with van der Waals surface area (Å²) >= 11 is 0. The van der Waals surface area contributed by atoms with Crippen LogP contribution in [0.15, 0.2) is 60.7 Å². The molecule has 0 bridgehead atoms. The Hall–Kier alpha value is -3.84. The summed E-state index contributed by atoms with van der Waals surface area (Å²) in [4.78, 5) is 15.3. The van der Waals surface area contributed by atoms with E-state index < -0.39 is 5.41 Å². The molecule has 4 aromatic rings. The van der Waals surface area contributed by atoms with Crippen molar-refractivity contribution >= 4 is 28.2 Å². The van der Waals surface area contributed by atoms with Gasteiger partial charge in [0.2, 0.25) is 5.91 Å². The van der Waals surface area contributed by atoms with Gasteiger partial charge in [-0.1, -0.05) is 24.3 Å². The van der Waals surface area contributed by atoms with Crippen LogP contribution in [0.1, 0.15) is 36.3 Å². The number of nitrogens with zero attached hydrogens (tertiary/aromatic N) is 2. The first-order valence-electron chi connectivity index (χ1n) is 12.6. The van der Waals surface area contributed by atoms with Gasteiger partial charge in [0.25, 0.3) is 0 Å². The molecule has 0 radical (unpaired) electrons. The Morgan fingerprint density at radius 2 is 1.86 bits per heavy atom. The Morgan fingerprint density at radius 3 is 2.64 bits per heavy atom. The third-order valence-electron chi connectivity index (χ3n) is 8.28. The molecule has 2 atom stereocenters. The number of fused-ring (bicyclic) bond motifs is 3. The van der Waals surface area contributed by atoms with Gasteiger partial charge < -0.3 is 20.1 Å². The highest BCUT2D eigenvalue weighted by molar-refractivity contribution is 6.10. The van der Waals surface area contributed by atoms with Gasteiger partial charge in [-0.25, -0.2) is 0 Å². The number of benzene rings is 3. The van der Waals surface area contributed by atoms with E-state index >= 15 is 0 Å². The lowest BCUT2D eigenvalue weighted by atomic mass is 9.91. The molecule has 2 fully saturated rings. The number of rotatable bonds is 4. The highest BCUT2D eigenvalue weighted by atomic mass is 16.5. The first kappa shape index (κ1) is 21.4. The third-order valence-corrected chi connectivity index (χ3v) is 8.28. The Morgan fingerprint density at radius 1 is 1.06 bits per heavy atom. The molecule has 182 valence electrons. The van der Waals surface area contributed by atoms with Crippen LogP contribution in [-0.4, -0.2) is 47.5 Å². The van der Waals surface area contributed by atoms with Gasteiger partial charge in [-0.2, -0.15) is 5.10 Å². The lowest BCUT2D eigenvalue weighted by Gasteiger charge is -2.31. The summed E-state index contributed by atoms with van der Waals surface area (Å²) in [6.45, 7) is 1.76. The lowest BCUT2D eigenvalue weighted by molar-refractivity contribution is -0.118. The van der Waals surface area contributed by atoms with Crippen molar-refractivity contribution in [2.24, 2.45) is 0 Å². The molecule has 3 N–H and O–H groups in total. The topological polar surface area (TPSA) is 90.5 Å². The van der Waals surface area contributed by atoms with Crippen LogP contribution < -0.4 is 15.0 Å². The summed E-state index contributed by atoms with van der Waals surface area (Å²) in [7, 11) is 1.65. The summed E-state index contributed by atoms with van der Waals surface area (Å²) in [6, 6.07) is 20.7. The Bertz CT molecular complexity index is 1490. The van der Waals surface area contributed by atoms with Crippen molar-refractivity contribution in [1.29, 1.82) is 0 Å². The molecule has 7 heteroatoms. The van der Waals surface area contributed by atoms with Crippen LogP contribution in [0.5, 0.6) is 5.75 Å². The number of nitrogens with one attached hydrogen (secondary N) is 2. The van der Waals surface area contributed by atoms with Gasteiger partial charge in [0.1, 0.15) is 5.75 Å². The second kappa shape index (κ2) is 7.83. The fraction of sp³-hybridized carbons (Fsp3) is 0.310. The molecule has 3 aromatic carbocycles. The molecule has 7 rings (SSSR count). The molecule has 1 aliphatic carbocycles. The standard InChI is InChI=1S/C29H28N4O3/c1-36-21-7-9-25-23(15-21)29(28(35)30-25)16-24(29)18-4-8-22-26(14-18)31-32-27(22)17-2-5-19(6-3-17)33-12-10-20(34)11-13-33/h2-9,14-15,20,24,34H,10-13,16H2,1H3,(H,30,35)(H,31,32). The number of aliphatic hydroxyl groups is 1. The molecule has 1 saturated heterocycles. The van der Waals surface area contributed by atoms with E-state index in [4.69, 9.17) is 4.74 Å². The molecule has 1 saturated carbocycles. The van der Waals surface area contributed by atoms with E-state index in [1.807, 2.05) is 18.2 Å². The average Bonchev–Trinajstić information content (AvgIpc) is 3.44. The summed E-state index contributed by atoms with van der Waals surface area (Å²) in [5.74, 6) is 0.974. The maximum atomic E-state index is 13.0. The molecule has 7 nitrogen and oxygen atoms in total. The minimum Gasteiger partial charge on any atom is -0.497 e. The zero-order valence-corrected chi connectivity index (χ0v) is 20.1. The van der Waals surface area contributed by atoms with E-state index in [1.54, 1.807) is 7.11 Å². The molecule has 1 aromatic heterocycles. The van der Waals surface area contributed by atoms with Crippen molar-refractivity contribution in [3.63, 3.8) is 0 Å². The van der Waals surface area contributed by atoms with Gasteiger partial charge in [0.05, 0.1) is 29.8 Å². The van der Waals surface area contributed by atoms with Crippen LogP contribution in [-0.2, 0) is 10.2 Å². The smallest absolute Gasteiger partial charge is 0.235 e. The third kappa shape index (κ3) is 3.15. The van der Waals surface area contributed by atoms with Crippen molar-refractivity contribution in [3.8, 4) is 17.0 Å². The van der Waals surface area contributed by atoms with E-state index in [0.717, 1.165) is 77.1 Å². The van der Waals surface area contributed by atoms with Crippen molar-refractivity contribution in [1.82, 2.24) is 10.2 Å². The van der Waals surface area contributed by atoms with Crippen LogP contribution in [0.3, 0.4) is 0 Å². The molecule has 1 amide bonds. The van der Waals surface area contributed by atoms with Gasteiger partial charge >= 0.3 is 0 Å². The molecular weight excluding hydrogens is 452 g/mol. The molecular formula is C29H28N4O3. The molecule has 1 spiro atoms. The number of H-pyrrole nitrogens is 1. The quantitative estimate of drug-likeness (QED) is 0.398. The predicted molar refractivity (Wildman–Crippen MR) is 140 cm³/mol. The van der Waals surface area contributed by atoms with E-state index in [1.165, 1.54) is 5.69 Å². The second-order valence-electron chi connectivity index (χ2n) is 10.2. The largest absolute Gasteiger partial charge is 0.497 e. The average molecular weight is 481 g/mol. The van der Waals surface area contributed by atoms with Gasteiger partial charge in [0, 0.05) is 41.3 Å². The van der Waals surface area contributed by atoms with Gasteiger partial charge in [-0.15, -0.1) is 0 Å². The molecule has 3 aliphatic rings. The number of hydrogen-bond acceptors (Lipinski definition) is 5. The van der Waals surface area contributed by atoms with Gasteiger partial charge in [0.15, 0.2) is 0 Å². The fourth-order valence-electron chi connectivity index (χ4n) is 6.13. The van der Waals surface area contributed by atoms with Crippen LogP contribution in [0, 0.1) is 0 Å². The predicted octanol–water partition coefficient (Wildman–Crippen LogP) is 4.58. The van der Waals surface area contributed by atoms with E-state index in [9.17, 15) is 9.90 Å². The summed E-state index contributed by atoms with van der Waals surface area (Å²) < 4.78 is 5.42. The van der Waals surface area contributed by atoms with Gasteiger partial charge in [-0.3, -0.25) is 9.89 Å². The van der Waals surface area contributed by atoms with E-state index in [-0.39, 0.29) is 17.9 Å². The Labute approximate surface area is 209 Å². The number of hydrogen-bond donors (Lipinski definition) is 3. The van der Waals surface area contributed by atoms with Crippen LogP contribution in [0.25, 0.3) is 22.2 Å². The number of amides is 1. The number of anilines is 2. The van der Waals surface area contributed by atoms with E-state index in [2.05, 4.69) is 62.9 Å². The lowest BCUT2D eigenvalue weighted by Crippen LogP contribution is -2.35. The highest BCUT2D eigenvalue weighted by Crippen LogP contribution is 2.65. The highest BCUT2D eigenvalue weighted by Gasteiger charge is 2.65. The fourth-order valence-corrected chi connectivity index (χ4v) is 6.13. The van der Waals surface area contributed by atoms with Crippen molar-refractivity contribution in [2.45, 2.75) is 36.7 Å². The van der Waals surface area contributed by atoms with Crippen LogP contribution in [0.4, 0.5) is 11.4 Å². The molecule has 2 aliphatic heterocycles. The number of piperidine rings is 1.